The predicted octanol–water partition coefficient (Wildman–Crippen LogP) is 1.84. The molecule has 0 aliphatic heterocycles. The Hall–Kier alpha value is -1.34. The number of rotatable bonds is 4. The Morgan fingerprint density at radius 1 is 1.09 bits per heavy atom. The molecule has 1 rings (SSSR count). The van der Waals surface area contributed by atoms with Crippen LogP contribution >= 0.6 is 0 Å². The number of carbonyl (C=O) groups excluding carboxylic acids is 2. The second kappa shape index (κ2) is 7.28. The van der Waals surface area contributed by atoms with E-state index in [1.165, 1.54) is 21.3 Å². The molecule has 0 saturated heterocycles. The summed E-state index contributed by atoms with van der Waals surface area (Å²) in [5.41, 5.74) is -0.583. The molecular formula is C15H27NO6. The first-order valence-corrected chi connectivity index (χ1v) is 7.32. The van der Waals surface area contributed by atoms with Gasteiger partial charge in [-0.2, -0.15) is 0 Å². The molecule has 7 heteroatoms. The maximum absolute atomic E-state index is 11.9. The van der Waals surface area contributed by atoms with Gasteiger partial charge in [0.25, 0.3) is 0 Å². The van der Waals surface area contributed by atoms with Gasteiger partial charge in [-0.25, -0.2) is 4.79 Å². The number of methoxy groups -OCH3 is 3. The molecular weight excluding hydrogens is 290 g/mol. The number of alkyl carbamates (subject to hydrolysis) is 1. The van der Waals surface area contributed by atoms with E-state index in [0.29, 0.717) is 19.3 Å². The quantitative estimate of drug-likeness (QED) is 0.629. The zero-order valence-electron chi connectivity index (χ0n) is 14.2. The van der Waals surface area contributed by atoms with Crippen LogP contribution in [0.5, 0.6) is 0 Å². The summed E-state index contributed by atoms with van der Waals surface area (Å²) in [6.45, 7) is 5.37. The Balaban J connectivity index is 2.80. The van der Waals surface area contributed by atoms with Crippen LogP contribution < -0.4 is 5.32 Å². The number of carbonyl (C=O) groups is 2. The van der Waals surface area contributed by atoms with E-state index in [4.69, 9.17) is 18.9 Å². The van der Waals surface area contributed by atoms with Crippen LogP contribution in [0.25, 0.3) is 0 Å². The van der Waals surface area contributed by atoms with Crippen molar-refractivity contribution in [2.75, 3.05) is 21.3 Å². The second-order valence-corrected chi connectivity index (χ2v) is 6.53. The molecule has 1 aliphatic carbocycles. The van der Waals surface area contributed by atoms with Crippen molar-refractivity contribution in [1.82, 2.24) is 5.32 Å². The summed E-state index contributed by atoms with van der Waals surface area (Å²) >= 11 is 0. The minimum absolute atomic E-state index is 0.299. The van der Waals surface area contributed by atoms with E-state index in [-0.39, 0.29) is 12.0 Å². The number of ether oxygens (including phenoxy) is 4. The van der Waals surface area contributed by atoms with Crippen molar-refractivity contribution in [3.05, 3.63) is 0 Å². The van der Waals surface area contributed by atoms with Crippen molar-refractivity contribution in [2.24, 2.45) is 5.92 Å². The Labute approximate surface area is 131 Å². The van der Waals surface area contributed by atoms with Crippen molar-refractivity contribution >= 4 is 12.1 Å². The zero-order chi connectivity index (χ0) is 17.0. The summed E-state index contributed by atoms with van der Waals surface area (Å²) in [5, 5.41) is 2.78. The highest BCUT2D eigenvalue weighted by Crippen LogP contribution is 2.36. The van der Waals surface area contributed by atoms with E-state index >= 15 is 0 Å². The lowest BCUT2D eigenvalue weighted by Gasteiger charge is -2.41. The molecule has 7 nitrogen and oxygen atoms in total. The van der Waals surface area contributed by atoms with Crippen LogP contribution in [0, 0.1) is 5.92 Å². The van der Waals surface area contributed by atoms with Gasteiger partial charge in [0.1, 0.15) is 5.60 Å². The summed E-state index contributed by atoms with van der Waals surface area (Å²) in [6, 6.07) is -0.299. The maximum Gasteiger partial charge on any atom is 0.407 e. The van der Waals surface area contributed by atoms with E-state index < -0.39 is 23.4 Å². The normalized spacial score (nSPS) is 24.5. The molecule has 1 amide bonds. The molecule has 1 saturated carbocycles. The minimum Gasteiger partial charge on any atom is -0.469 e. The first-order valence-electron chi connectivity index (χ1n) is 7.32. The SMILES string of the molecule is COC(=O)C1CC(NC(=O)OC(C)(C)C)CC(OC)(OC)C1. The molecule has 1 aliphatic rings. The molecule has 0 spiro atoms. The Morgan fingerprint density at radius 2 is 1.68 bits per heavy atom. The van der Waals surface area contributed by atoms with Crippen LogP contribution in [0.1, 0.15) is 40.0 Å². The molecule has 1 N–H and O–H groups in total. The van der Waals surface area contributed by atoms with Crippen molar-refractivity contribution in [1.29, 1.82) is 0 Å². The predicted molar refractivity (Wildman–Crippen MR) is 79.3 cm³/mol. The van der Waals surface area contributed by atoms with E-state index in [2.05, 4.69) is 5.32 Å². The van der Waals surface area contributed by atoms with Crippen LogP contribution in [-0.4, -0.2) is 50.8 Å². The van der Waals surface area contributed by atoms with Gasteiger partial charge >= 0.3 is 12.1 Å². The van der Waals surface area contributed by atoms with Crippen molar-refractivity contribution in [3.63, 3.8) is 0 Å². The smallest absolute Gasteiger partial charge is 0.407 e. The van der Waals surface area contributed by atoms with Gasteiger partial charge in [-0.05, 0) is 27.2 Å². The minimum atomic E-state index is -0.920. The van der Waals surface area contributed by atoms with Crippen LogP contribution in [0.4, 0.5) is 4.79 Å². The fraction of sp³-hybridized carbons (Fsp3) is 0.867. The summed E-state index contributed by atoms with van der Waals surface area (Å²) in [7, 11) is 4.38. The van der Waals surface area contributed by atoms with E-state index in [9.17, 15) is 9.59 Å². The van der Waals surface area contributed by atoms with Gasteiger partial charge in [0.05, 0.1) is 13.0 Å². The molecule has 2 unspecified atom stereocenters. The van der Waals surface area contributed by atoms with Gasteiger partial charge in [0, 0.05) is 33.1 Å². The molecule has 0 heterocycles. The summed E-state index contributed by atoms with van der Waals surface area (Å²) in [4.78, 5) is 23.8. The third kappa shape index (κ3) is 5.14. The number of hydrogen-bond donors (Lipinski definition) is 1. The average molecular weight is 317 g/mol. The van der Waals surface area contributed by atoms with Gasteiger partial charge in [-0.15, -0.1) is 0 Å². The lowest BCUT2D eigenvalue weighted by atomic mass is 9.81. The molecule has 0 bridgehead atoms. The van der Waals surface area contributed by atoms with Crippen molar-refractivity contribution < 1.29 is 28.5 Å². The molecule has 22 heavy (non-hydrogen) atoms. The first-order chi connectivity index (χ1) is 10.1. The Morgan fingerprint density at radius 3 is 2.14 bits per heavy atom. The van der Waals surface area contributed by atoms with E-state index in [0.717, 1.165) is 0 Å². The zero-order valence-corrected chi connectivity index (χ0v) is 14.2. The number of esters is 1. The molecule has 128 valence electrons. The van der Waals surface area contributed by atoms with Crippen molar-refractivity contribution in [2.45, 2.75) is 57.5 Å². The largest absolute Gasteiger partial charge is 0.469 e. The summed E-state index contributed by atoms with van der Waals surface area (Å²) < 4.78 is 20.9. The molecule has 2 atom stereocenters. The fourth-order valence-corrected chi connectivity index (χ4v) is 2.69. The molecule has 0 aromatic carbocycles. The number of nitrogens with one attached hydrogen (secondary N) is 1. The van der Waals surface area contributed by atoms with Crippen LogP contribution in [-0.2, 0) is 23.7 Å². The van der Waals surface area contributed by atoms with Gasteiger partial charge in [0.15, 0.2) is 5.79 Å². The van der Waals surface area contributed by atoms with Crippen LogP contribution in [0.3, 0.4) is 0 Å². The monoisotopic (exact) mass is 317 g/mol. The lowest BCUT2D eigenvalue weighted by molar-refractivity contribution is -0.236. The Bertz CT molecular complexity index is 399. The van der Waals surface area contributed by atoms with Gasteiger partial charge in [0.2, 0.25) is 0 Å². The first kappa shape index (κ1) is 18.7. The topological polar surface area (TPSA) is 83.1 Å². The Kier molecular flexibility index (Phi) is 6.19. The number of amides is 1. The maximum atomic E-state index is 11.9. The van der Waals surface area contributed by atoms with Gasteiger partial charge < -0.3 is 24.3 Å². The van der Waals surface area contributed by atoms with Crippen molar-refractivity contribution in [3.8, 4) is 0 Å². The van der Waals surface area contributed by atoms with E-state index in [1.54, 1.807) is 20.8 Å². The van der Waals surface area contributed by atoms with Gasteiger partial charge in [-0.1, -0.05) is 0 Å². The fourth-order valence-electron chi connectivity index (χ4n) is 2.69. The highest BCUT2D eigenvalue weighted by molar-refractivity contribution is 5.73. The molecule has 1 fully saturated rings. The van der Waals surface area contributed by atoms with Crippen LogP contribution in [0.15, 0.2) is 0 Å². The average Bonchev–Trinajstić information content (AvgIpc) is 2.43. The molecule has 0 radical (unpaired) electrons. The van der Waals surface area contributed by atoms with E-state index in [1.807, 2.05) is 0 Å². The second-order valence-electron chi connectivity index (χ2n) is 6.53. The highest BCUT2D eigenvalue weighted by Gasteiger charge is 2.45. The van der Waals surface area contributed by atoms with Gasteiger partial charge in [-0.3, -0.25) is 4.79 Å². The summed E-state index contributed by atoms with van der Waals surface area (Å²) in [6.07, 6.45) is 0.760. The molecule has 0 aromatic rings. The summed E-state index contributed by atoms with van der Waals surface area (Å²) in [5.74, 6) is -1.66. The standard InChI is InChI=1S/C15H27NO6/c1-14(2,3)22-13(18)16-11-7-10(12(17)19-4)8-15(9-11,20-5)21-6/h10-11H,7-9H2,1-6H3,(H,16,18). The lowest BCUT2D eigenvalue weighted by Crippen LogP contribution is -2.52. The highest BCUT2D eigenvalue weighted by atomic mass is 16.7. The number of hydrogen-bond acceptors (Lipinski definition) is 6. The van der Waals surface area contributed by atoms with Crippen LogP contribution in [0.2, 0.25) is 0 Å². The molecule has 0 aromatic heterocycles. The third-order valence-electron chi connectivity index (χ3n) is 3.68. The third-order valence-corrected chi connectivity index (χ3v) is 3.68.